The van der Waals surface area contributed by atoms with E-state index in [4.69, 9.17) is 4.98 Å². The molecular weight excluding hydrogens is 508 g/mol. The van der Waals surface area contributed by atoms with Crippen LogP contribution in [0.1, 0.15) is 23.2 Å². The fraction of sp³-hybridized carbons (Fsp3) is 0.0500. The molecule has 0 N–H and O–H groups in total. The minimum Gasteiger partial charge on any atom is -0.261 e. The fourth-order valence-corrected chi connectivity index (χ4v) is 7.07. The van der Waals surface area contributed by atoms with Gasteiger partial charge in [0.15, 0.2) is 0 Å². The van der Waals surface area contributed by atoms with E-state index in [-0.39, 0.29) is 0 Å². The Morgan fingerprint density at radius 1 is 0.452 bits per heavy atom. The predicted molar refractivity (Wildman–Crippen MR) is 176 cm³/mol. The number of hydrogen-bond donors (Lipinski definition) is 0. The van der Waals surface area contributed by atoms with Gasteiger partial charge >= 0.3 is 0 Å². The molecule has 0 atom stereocenters. The number of nitrogens with zero attached hydrogens (tertiary/aromatic N) is 2. The van der Waals surface area contributed by atoms with Gasteiger partial charge in [0.2, 0.25) is 0 Å². The third-order valence-corrected chi connectivity index (χ3v) is 9.02. The molecule has 1 aliphatic carbocycles. The summed E-state index contributed by atoms with van der Waals surface area (Å²) < 4.78 is 0. The SMILES string of the molecule is C1=C(c2ccc3ccc4c(-c5ccc(-c6cccc7ncccc67)cc5)ccc5ccc2c3c54)c2cccnc2CC1. The number of fused-ring (bicyclic) bond motifs is 2. The van der Waals surface area contributed by atoms with E-state index < -0.39 is 0 Å². The molecule has 2 heteroatoms. The molecule has 8 aromatic rings. The van der Waals surface area contributed by atoms with Crippen LogP contribution in [0, 0.1) is 0 Å². The van der Waals surface area contributed by atoms with Gasteiger partial charge in [-0.05, 0) is 96.7 Å². The van der Waals surface area contributed by atoms with E-state index in [0.717, 1.165) is 18.4 Å². The highest BCUT2D eigenvalue weighted by Gasteiger charge is 2.19. The molecule has 42 heavy (non-hydrogen) atoms. The molecule has 0 amide bonds. The number of aryl methyl sites for hydroxylation is 1. The van der Waals surface area contributed by atoms with Crippen molar-refractivity contribution in [3.05, 3.63) is 151 Å². The third-order valence-electron chi connectivity index (χ3n) is 9.02. The van der Waals surface area contributed by atoms with E-state index in [0.29, 0.717) is 0 Å². The second-order valence-electron chi connectivity index (χ2n) is 11.3. The van der Waals surface area contributed by atoms with Gasteiger partial charge in [-0.25, -0.2) is 0 Å². The molecule has 0 bridgehead atoms. The summed E-state index contributed by atoms with van der Waals surface area (Å²) in [6, 6.07) is 42.2. The van der Waals surface area contributed by atoms with Crippen LogP contribution in [0.25, 0.3) is 71.0 Å². The lowest BCUT2D eigenvalue weighted by atomic mass is 9.84. The van der Waals surface area contributed by atoms with Crippen molar-refractivity contribution in [2.75, 3.05) is 0 Å². The summed E-state index contributed by atoms with van der Waals surface area (Å²) in [4.78, 5) is 9.25. The van der Waals surface area contributed by atoms with Crippen LogP contribution in [0.2, 0.25) is 0 Å². The van der Waals surface area contributed by atoms with Gasteiger partial charge in [0.25, 0.3) is 0 Å². The lowest BCUT2D eigenvalue weighted by Crippen LogP contribution is -2.03. The van der Waals surface area contributed by atoms with Gasteiger partial charge in [-0.15, -0.1) is 0 Å². The molecule has 0 unspecified atom stereocenters. The molecule has 2 aromatic heterocycles. The Hall–Kier alpha value is -5.34. The van der Waals surface area contributed by atoms with E-state index in [2.05, 4.69) is 120 Å². The van der Waals surface area contributed by atoms with Crippen molar-refractivity contribution in [3.63, 3.8) is 0 Å². The van der Waals surface area contributed by atoms with Crippen LogP contribution in [-0.2, 0) is 6.42 Å². The zero-order valence-electron chi connectivity index (χ0n) is 23.0. The summed E-state index contributed by atoms with van der Waals surface area (Å²) in [6.45, 7) is 0. The molecule has 0 saturated heterocycles. The first-order chi connectivity index (χ1) is 20.8. The molecule has 0 aliphatic heterocycles. The standard InChI is InChI=1S/C40H26N2/c1-5-29(33-7-3-23-41-37(33)9-1)25-11-13-26(14-12-25)30-19-15-27-18-22-36-32(20-16-28-17-21-35(30)39(27)40(28)36)31-6-2-10-38-34(31)8-4-24-42-38/h1,3-9,11-24H,2,10H2. The Morgan fingerprint density at radius 3 is 1.86 bits per heavy atom. The minimum atomic E-state index is 1.01. The van der Waals surface area contributed by atoms with Crippen LogP contribution in [0.15, 0.2) is 134 Å². The first-order valence-corrected chi connectivity index (χ1v) is 14.6. The number of rotatable bonds is 3. The zero-order chi connectivity index (χ0) is 27.6. The molecule has 0 fully saturated rings. The van der Waals surface area contributed by atoms with Crippen molar-refractivity contribution >= 4 is 48.8 Å². The molecule has 2 nitrogen and oxygen atoms in total. The van der Waals surface area contributed by atoms with E-state index in [9.17, 15) is 0 Å². The number of aromatic nitrogens is 2. The van der Waals surface area contributed by atoms with Gasteiger partial charge < -0.3 is 0 Å². The van der Waals surface area contributed by atoms with Crippen molar-refractivity contribution in [2.45, 2.75) is 12.8 Å². The van der Waals surface area contributed by atoms with Crippen LogP contribution in [0.4, 0.5) is 0 Å². The molecule has 2 heterocycles. The van der Waals surface area contributed by atoms with Gasteiger partial charge in [0.1, 0.15) is 0 Å². The summed E-state index contributed by atoms with van der Waals surface area (Å²) in [5, 5.41) is 9.04. The van der Waals surface area contributed by atoms with Crippen molar-refractivity contribution < 1.29 is 0 Å². The average Bonchev–Trinajstić information content (AvgIpc) is 3.06. The molecule has 0 saturated carbocycles. The Balaban J connectivity index is 1.22. The Labute approximate surface area is 244 Å². The van der Waals surface area contributed by atoms with Crippen LogP contribution >= 0.6 is 0 Å². The maximum Gasteiger partial charge on any atom is 0.0708 e. The third kappa shape index (κ3) is 3.45. The normalized spacial score (nSPS) is 13.2. The summed E-state index contributed by atoms with van der Waals surface area (Å²) in [7, 11) is 0. The highest BCUT2D eigenvalue weighted by atomic mass is 14.7. The molecule has 196 valence electrons. The smallest absolute Gasteiger partial charge is 0.0708 e. The van der Waals surface area contributed by atoms with Crippen molar-refractivity contribution in [1.82, 2.24) is 9.97 Å². The van der Waals surface area contributed by atoms with Crippen LogP contribution in [-0.4, -0.2) is 9.97 Å². The lowest BCUT2D eigenvalue weighted by Gasteiger charge is -2.21. The highest BCUT2D eigenvalue weighted by Crippen LogP contribution is 2.43. The Bertz CT molecular complexity index is 2340. The minimum absolute atomic E-state index is 1.01. The highest BCUT2D eigenvalue weighted by molar-refractivity contribution is 6.27. The maximum atomic E-state index is 4.70. The van der Waals surface area contributed by atoms with Crippen LogP contribution in [0.3, 0.4) is 0 Å². The Kier molecular flexibility index (Phi) is 5.06. The maximum absolute atomic E-state index is 4.70. The van der Waals surface area contributed by atoms with Gasteiger partial charge in [0.05, 0.1) is 5.52 Å². The van der Waals surface area contributed by atoms with Crippen molar-refractivity contribution in [3.8, 4) is 22.3 Å². The van der Waals surface area contributed by atoms with Gasteiger partial charge in [-0.2, -0.15) is 0 Å². The number of pyridine rings is 2. The summed E-state index contributed by atoms with van der Waals surface area (Å²) in [5.74, 6) is 0. The molecule has 0 spiro atoms. The van der Waals surface area contributed by atoms with Crippen LogP contribution < -0.4 is 0 Å². The lowest BCUT2D eigenvalue weighted by molar-refractivity contribution is 0.921. The van der Waals surface area contributed by atoms with E-state index in [1.807, 2.05) is 18.5 Å². The summed E-state index contributed by atoms with van der Waals surface area (Å²) >= 11 is 0. The summed E-state index contributed by atoms with van der Waals surface area (Å²) in [6.07, 6.45) is 8.20. The number of benzene rings is 6. The second-order valence-corrected chi connectivity index (χ2v) is 11.3. The fourth-order valence-electron chi connectivity index (χ4n) is 7.07. The summed E-state index contributed by atoms with van der Waals surface area (Å²) in [5.41, 5.74) is 11.0. The largest absolute Gasteiger partial charge is 0.261 e. The van der Waals surface area contributed by atoms with Gasteiger partial charge in [-0.3, -0.25) is 9.97 Å². The molecular formula is C40H26N2. The average molecular weight is 535 g/mol. The van der Waals surface area contributed by atoms with Gasteiger partial charge in [-0.1, -0.05) is 103 Å². The molecule has 0 radical (unpaired) electrons. The topological polar surface area (TPSA) is 25.8 Å². The van der Waals surface area contributed by atoms with E-state index in [1.165, 1.54) is 82.4 Å². The van der Waals surface area contributed by atoms with Crippen LogP contribution in [0.5, 0.6) is 0 Å². The number of hydrogen-bond acceptors (Lipinski definition) is 2. The number of allylic oxidation sites excluding steroid dienone is 1. The molecule has 1 aliphatic rings. The first kappa shape index (κ1) is 23.4. The zero-order valence-corrected chi connectivity index (χ0v) is 23.0. The Morgan fingerprint density at radius 2 is 1.07 bits per heavy atom. The first-order valence-electron chi connectivity index (χ1n) is 14.6. The van der Waals surface area contributed by atoms with Crippen molar-refractivity contribution in [2.24, 2.45) is 0 Å². The van der Waals surface area contributed by atoms with Crippen molar-refractivity contribution in [1.29, 1.82) is 0 Å². The van der Waals surface area contributed by atoms with Gasteiger partial charge in [0, 0.05) is 29.0 Å². The van der Waals surface area contributed by atoms with E-state index >= 15 is 0 Å². The van der Waals surface area contributed by atoms with E-state index in [1.54, 1.807) is 0 Å². The monoisotopic (exact) mass is 534 g/mol. The molecule has 9 rings (SSSR count). The predicted octanol–water partition coefficient (Wildman–Crippen LogP) is 10.2. The quantitative estimate of drug-likeness (QED) is 0.211. The molecule has 6 aromatic carbocycles. The second kappa shape index (κ2) is 9.09.